The van der Waals surface area contributed by atoms with E-state index >= 15 is 0 Å². The number of fused-ring (bicyclic) bond motifs is 1. The van der Waals surface area contributed by atoms with Gasteiger partial charge in [0.1, 0.15) is 16.3 Å². The summed E-state index contributed by atoms with van der Waals surface area (Å²) in [7, 11) is 3.31. The molecule has 0 saturated carbocycles. The minimum absolute atomic E-state index is 0.0477. The molecule has 2 aromatic heterocycles. The Morgan fingerprint density at radius 3 is 2.83 bits per heavy atom. The van der Waals surface area contributed by atoms with Crippen LogP contribution in [0.1, 0.15) is 22.3 Å². The Bertz CT molecular complexity index is 977. The molecule has 2 heterocycles. The Kier molecular flexibility index (Phi) is 4.30. The number of anilines is 1. The lowest BCUT2D eigenvalue weighted by atomic mass is 10.1. The van der Waals surface area contributed by atoms with E-state index in [1.165, 1.54) is 24.6 Å². The first kappa shape index (κ1) is 16.1. The van der Waals surface area contributed by atoms with Crippen LogP contribution < -0.4 is 15.5 Å². The summed E-state index contributed by atoms with van der Waals surface area (Å²) in [6, 6.07) is 5.19. The molecule has 0 bridgehead atoms. The largest absolute Gasteiger partial charge is 0.497 e. The average molecular weight is 344 g/mol. The van der Waals surface area contributed by atoms with Crippen LogP contribution in [-0.2, 0) is 13.5 Å². The molecule has 0 fully saturated rings. The van der Waals surface area contributed by atoms with Gasteiger partial charge < -0.3 is 9.30 Å². The highest BCUT2D eigenvalue weighted by molar-refractivity contribution is 7.15. The van der Waals surface area contributed by atoms with Crippen LogP contribution in [0, 0.1) is 0 Å². The van der Waals surface area contributed by atoms with Crippen molar-refractivity contribution in [3.8, 4) is 5.75 Å². The Labute approximate surface area is 141 Å². The van der Waals surface area contributed by atoms with Crippen LogP contribution in [-0.4, -0.2) is 27.8 Å². The maximum atomic E-state index is 12.7. The number of aryl methyl sites for hydroxylation is 2. The summed E-state index contributed by atoms with van der Waals surface area (Å²) in [4.78, 5) is 25.1. The molecular weight excluding hydrogens is 328 g/mol. The fraction of sp³-hybridized carbons (Fsp3) is 0.250. The van der Waals surface area contributed by atoms with E-state index in [1.54, 1.807) is 29.8 Å². The summed E-state index contributed by atoms with van der Waals surface area (Å²) in [5.41, 5.74) is 0.424. The van der Waals surface area contributed by atoms with E-state index in [0.29, 0.717) is 16.3 Å². The average Bonchev–Trinajstić information content (AvgIpc) is 3.05. The van der Waals surface area contributed by atoms with Crippen LogP contribution in [0.3, 0.4) is 0 Å². The van der Waals surface area contributed by atoms with Crippen molar-refractivity contribution in [2.45, 2.75) is 13.3 Å². The van der Waals surface area contributed by atoms with Crippen molar-refractivity contribution in [2.75, 3.05) is 12.4 Å². The van der Waals surface area contributed by atoms with Crippen LogP contribution in [0.2, 0.25) is 0 Å². The van der Waals surface area contributed by atoms with E-state index in [0.717, 1.165) is 16.9 Å². The van der Waals surface area contributed by atoms with E-state index < -0.39 is 5.91 Å². The number of aromatic nitrogens is 3. The number of methoxy groups -OCH3 is 1. The third kappa shape index (κ3) is 2.88. The molecule has 0 aliphatic carbocycles. The van der Waals surface area contributed by atoms with Gasteiger partial charge in [0.25, 0.3) is 5.91 Å². The molecule has 1 amide bonds. The van der Waals surface area contributed by atoms with Crippen LogP contribution >= 0.6 is 11.3 Å². The molecule has 0 spiro atoms. The highest BCUT2D eigenvalue weighted by atomic mass is 32.1. The van der Waals surface area contributed by atoms with Crippen LogP contribution in [0.4, 0.5) is 5.13 Å². The van der Waals surface area contributed by atoms with Gasteiger partial charge in [0.15, 0.2) is 0 Å². The predicted octanol–water partition coefficient (Wildman–Crippen LogP) is 2.21. The number of carbonyl (C=O) groups is 1. The van der Waals surface area contributed by atoms with E-state index in [-0.39, 0.29) is 11.0 Å². The van der Waals surface area contributed by atoms with Crippen molar-refractivity contribution in [3.05, 3.63) is 45.2 Å². The predicted molar refractivity (Wildman–Crippen MR) is 93.0 cm³/mol. The zero-order valence-electron chi connectivity index (χ0n) is 13.5. The lowest BCUT2D eigenvalue weighted by Crippen LogP contribution is -2.23. The molecule has 0 atom stereocenters. The van der Waals surface area contributed by atoms with Gasteiger partial charge in [-0.15, -0.1) is 10.2 Å². The molecule has 1 N–H and O–H groups in total. The van der Waals surface area contributed by atoms with Gasteiger partial charge in [0.05, 0.1) is 18.0 Å². The van der Waals surface area contributed by atoms with Crippen LogP contribution in [0.5, 0.6) is 5.75 Å². The van der Waals surface area contributed by atoms with Gasteiger partial charge >= 0.3 is 0 Å². The van der Waals surface area contributed by atoms with Crippen LogP contribution in [0.25, 0.3) is 10.9 Å². The molecule has 0 radical (unpaired) electrons. The lowest BCUT2D eigenvalue weighted by molar-refractivity contribution is 0.102. The number of hydrogen-bond donors (Lipinski definition) is 1. The Morgan fingerprint density at radius 2 is 2.17 bits per heavy atom. The molecule has 3 rings (SSSR count). The normalized spacial score (nSPS) is 10.8. The summed E-state index contributed by atoms with van der Waals surface area (Å²) in [6.07, 6.45) is 2.26. The Morgan fingerprint density at radius 1 is 1.38 bits per heavy atom. The third-order valence-corrected chi connectivity index (χ3v) is 4.61. The van der Waals surface area contributed by atoms with Gasteiger partial charge in [0.2, 0.25) is 10.6 Å². The molecule has 7 nitrogen and oxygen atoms in total. The molecule has 3 aromatic rings. The lowest BCUT2D eigenvalue weighted by Gasteiger charge is -2.09. The number of hydrogen-bond acceptors (Lipinski definition) is 6. The first-order valence-electron chi connectivity index (χ1n) is 7.34. The maximum absolute atomic E-state index is 12.7. The number of ether oxygens (including phenoxy) is 1. The summed E-state index contributed by atoms with van der Waals surface area (Å²) in [5, 5.41) is 12.1. The molecule has 24 heavy (non-hydrogen) atoms. The monoisotopic (exact) mass is 344 g/mol. The standard InChI is InChI=1S/C16H16N4O3S/c1-4-13-18-19-16(24-13)17-15(22)11-8-20(2)12-6-5-9(23-3)7-10(12)14(11)21/h5-8H,4H2,1-3H3,(H,17,19,22). The molecule has 0 unspecified atom stereocenters. The SMILES string of the molecule is CCc1nnc(NC(=O)c2cn(C)c3ccc(OC)cc3c2=O)s1. The van der Waals surface area contributed by atoms with E-state index in [4.69, 9.17) is 4.74 Å². The number of amides is 1. The molecule has 0 saturated heterocycles. The van der Waals surface area contributed by atoms with Crippen LogP contribution in [0.15, 0.2) is 29.2 Å². The van der Waals surface area contributed by atoms with Gasteiger partial charge in [-0.3, -0.25) is 14.9 Å². The summed E-state index contributed by atoms with van der Waals surface area (Å²) in [5.74, 6) is 0.0630. The molecule has 0 aliphatic heterocycles. The molecule has 8 heteroatoms. The number of nitrogens with zero attached hydrogens (tertiary/aromatic N) is 3. The number of benzene rings is 1. The number of rotatable bonds is 4. The second-order valence-corrected chi connectivity index (χ2v) is 6.24. The fourth-order valence-corrected chi connectivity index (χ4v) is 3.05. The van der Waals surface area contributed by atoms with Crippen molar-refractivity contribution in [1.29, 1.82) is 0 Å². The minimum Gasteiger partial charge on any atom is -0.497 e. The zero-order valence-corrected chi connectivity index (χ0v) is 14.3. The van der Waals surface area contributed by atoms with Gasteiger partial charge in [-0.25, -0.2) is 0 Å². The number of pyridine rings is 1. The van der Waals surface area contributed by atoms with E-state index in [9.17, 15) is 9.59 Å². The maximum Gasteiger partial charge on any atom is 0.262 e. The van der Waals surface area contributed by atoms with Crippen molar-refractivity contribution in [3.63, 3.8) is 0 Å². The highest BCUT2D eigenvalue weighted by Crippen LogP contribution is 2.19. The molecule has 0 aliphatic rings. The highest BCUT2D eigenvalue weighted by Gasteiger charge is 2.16. The van der Waals surface area contributed by atoms with Crippen molar-refractivity contribution < 1.29 is 9.53 Å². The quantitative estimate of drug-likeness (QED) is 0.784. The van der Waals surface area contributed by atoms with Crippen molar-refractivity contribution >= 4 is 33.3 Å². The summed E-state index contributed by atoms with van der Waals surface area (Å²) in [6.45, 7) is 1.96. The third-order valence-electron chi connectivity index (χ3n) is 3.63. The number of nitrogens with one attached hydrogen (secondary N) is 1. The van der Waals surface area contributed by atoms with Gasteiger partial charge in [-0.05, 0) is 24.6 Å². The second kappa shape index (κ2) is 6.40. The first-order chi connectivity index (χ1) is 11.5. The molecule has 124 valence electrons. The minimum atomic E-state index is -0.501. The smallest absolute Gasteiger partial charge is 0.262 e. The molecular formula is C16H16N4O3S. The second-order valence-electron chi connectivity index (χ2n) is 5.17. The van der Waals surface area contributed by atoms with E-state index in [1.807, 2.05) is 6.92 Å². The fourth-order valence-electron chi connectivity index (χ4n) is 2.37. The topological polar surface area (TPSA) is 86.1 Å². The van der Waals surface area contributed by atoms with Gasteiger partial charge in [0, 0.05) is 13.2 Å². The first-order valence-corrected chi connectivity index (χ1v) is 8.16. The van der Waals surface area contributed by atoms with Gasteiger partial charge in [-0.1, -0.05) is 18.3 Å². The summed E-state index contributed by atoms with van der Waals surface area (Å²) < 4.78 is 6.90. The Hall–Kier alpha value is -2.74. The van der Waals surface area contributed by atoms with Crippen molar-refractivity contribution in [2.24, 2.45) is 7.05 Å². The molecule has 1 aromatic carbocycles. The Balaban J connectivity index is 2.03. The zero-order chi connectivity index (χ0) is 17.3. The van der Waals surface area contributed by atoms with Crippen molar-refractivity contribution in [1.82, 2.24) is 14.8 Å². The van der Waals surface area contributed by atoms with E-state index in [2.05, 4.69) is 15.5 Å². The summed E-state index contributed by atoms with van der Waals surface area (Å²) >= 11 is 1.29. The van der Waals surface area contributed by atoms with Gasteiger partial charge in [-0.2, -0.15) is 0 Å². The number of carbonyl (C=O) groups excluding carboxylic acids is 1.